The van der Waals surface area contributed by atoms with E-state index in [1.54, 1.807) is 17.0 Å². The molecular weight excluding hydrogens is 588 g/mol. The van der Waals surface area contributed by atoms with E-state index in [-0.39, 0.29) is 30.7 Å². The number of hydrogen-bond acceptors (Lipinski definition) is 8. The van der Waals surface area contributed by atoms with Crippen LogP contribution >= 0.6 is 22.9 Å². The zero-order chi connectivity index (χ0) is 30.0. The van der Waals surface area contributed by atoms with Gasteiger partial charge in [0, 0.05) is 23.0 Å². The van der Waals surface area contributed by atoms with Gasteiger partial charge in [-0.2, -0.15) is 0 Å². The quantitative estimate of drug-likeness (QED) is 0.292. The normalized spacial score (nSPS) is 28.6. The summed E-state index contributed by atoms with van der Waals surface area (Å²) < 4.78 is 12.4. The third kappa shape index (κ3) is 6.35. The first kappa shape index (κ1) is 29.4. The van der Waals surface area contributed by atoms with Crippen molar-refractivity contribution in [3.05, 3.63) is 65.7 Å². The summed E-state index contributed by atoms with van der Waals surface area (Å²) in [6.45, 7) is 0.222. The van der Waals surface area contributed by atoms with Gasteiger partial charge in [-0.25, -0.2) is 9.78 Å². The fraction of sp³-hybridized carbons (Fsp3) is 0.438. The Kier molecular flexibility index (Phi) is 8.59. The molecule has 9 nitrogen and oxygen atoms in total. The van der Waals surface area contributed by atoms with Gasteiger partial charge in [-0.15, -0.1) is 0 Å². The van der Waals surface area contributed by atoms with Gasteiger partial charge in [0.25, 0.3) is 5.19 Å². The van der Waals surface area contributed by atoms with Gasteiger partial charge in [0.2, 0.25) is 11.8 Å². The van der Waals surface area contributed by atoms with Crippen molar-refractivity contribution >= 4 is 56.6 Å². The molecule has 0 unspecified atom stereocenters. The third-order valence-electron chi connectivity index (χ3n) is 8.52. The van der Waals surface area contributed by atoms with Crippen LogP contribution in [-0.2, 0) is 19.1 Å². The standard InChI is InChI=1S/C32H35ClN4O5S/c1-41-30(40)32-18-20(32)9-5-3-2-4-6-11-25(34-22-15-13-21(33)14-16-22)29(39)37-19-23(17-26(37)28(38)36-32)42-31-35-24-10-7-8-12-27(24)43-31/h5,7-10,12-16,20,23,25-26,34H,2-4,6,11,17-19H2,1H3,(H,36,38)/b9-5-/t20-,23-,25+,26+,32-/m1/s1. The van der Waals surface area contributed by atoms with Crippen molar-refractivity contribution in [1.82, 2.24) is 15.2 Å². The minimum absolute atomic E-state index is 0.145. The van der Waals surface area contributed by atoms with Crippen molar-refractivity contribution in [2.24, 2.45) is 5.92 Å². The molecule has 1 saturated heterocycles. The number of halogens is 1. The summed E-state index contributed by atoms with van der Waals surface area (Å²) in [7, 11) is 1.33. The van der Waals surface area contributed by atoms with Gasteiger partial charge in [-0.05, 0) is 62.1 Å². The van der Waals surface area contributed by atoms with Crippen LogP contribution in [0.2, 0.25) is 5.02 Å². The molecule has 11 heteroatoms. The maximum atomic E-state index is 14.3. The van der Waals surface area contributed by atoms with Crippen LogP contribution in [0.5, 0.6) is 5.19 Å². The minimum atomic E-state index is -1.12. The summed E-state index contributed by atoms with van der Waals surface area (Å²) in [5.74, 6) is -1.18. The monoisotopic (exact) mass is 622 g/mol. The molecule has 2 aliphatic heterocycles. The first-order chi connectivity index (χ1) is 20.9. The van der Waals surface area contributed by atoms with Gasteiger partial charge < -0.3 is 25.0 Å². The first-order valence-electron chi connectivity index (χ1n) is 14.8. The van der Waals surface area contributed by atoms with Crippen molar-refractivity contribution in [2.75, 3.05) is 19.0 Å². The molecule has 226 valence electrons. The number of benzene rings is 2. The van der Waals surface area contributed by atoms with Crippen LogP contribution in [-0.4, -0.2) is 65.0 Å². The average molecular weight is 623 g/mol. The van der Waals surface area contributed by atoms with Crippen molar-refractivity contribution in [3.8, 4) is 5.19 Å². The highest BCUT2D eigenvalue weighted by atomic mass is 35.5. The number of hydrogen-bond donors (Lipinski definition) is 2. The Morgan fingerprint density at radius 2 is 1.95 bits per heavy atom. The topological polar surface area (TPSA) is 110 Å². The van der Waals surface area contributed by atoms with Crippen LogP contribution in [0.3, 0.4) is 0 Å². The zero-order valence-corrected chi connectivity index (χ0v) is 25.5. The van der Waals surface area contributed by atoms with Crippen molar-refractivity contribution in [2.45, 2.75) is 68.7 Å². The van der Waals surface area contributed by atoms with E-state index in [0.717, 1.165) is 41.6 Å². The Bertz CT molecular complexity index is 1490. The predicted octanol–water partition coefficient (Wildman–Crippen LogP) is 5.35. The number of methoxy groups -OCH3 is 1. The van der Waals surface area contributed by atoms with Gasteiger partial charge in [0.1, 0.15) is 23.7 Å². The number of anilines is 1. The van der Waals surface area contributed by atoms with Gasteiger partial charge in [-0.3, -0.25) is 9.59 Å². The molecule has 0 radical (unpaired) electrons. The van der Waals surface area contributed by atoms with Gasteiger partial charge in [0.15, 0.2) is 0 Å². The Labute approximate surface area is 259 Å². The summed E-state index contributed by atoms with van der Waals surface area (Å²) in [6, 6.07) is 13.6. The van der Waals surface area contributed by atoms with E-state index in [0.29, 0.717) is 23.1 Å². The summed E-state index contributed by atoms with van der Waals surface area (Å²) >= 11 is 7.53. The number of rotatable bonds is 5. The molecule has 43 heavy (non-hydrogen) atoms. The highest BCUT2D eigenvalue weighted by Crippen LogP contribution is 2.46. The number of fused-ring (bicyclic) bond motifs is 3. The second kappa shape index (κ2) is 12.5. The number of ether oxygens (including phenoxy) is 2. The molecule has 2 amide bonds. The predicted molar refractivity (Wildman–Crippen MR) is 166 cm³/mol. The summed E-state index contributed by atoms with van der Waals surface area (Å²) in [5, 5.41) is 7.49. The van der Waals surface area contributed by atoms with Crippen molar-refractivity contribution in [3.63, 3.8) is 0 Å². The van der Waals surface area contributed by atoms with E-state index in [2.05, 4.69) is 21.7 Å². The van der Waals surface area contributed by atoms with E-state index in [1.807, 2.05) is 42.5 Å². The number of nitrogens with one attached hydrogen (secondary N) is 2. The molecule has 3 aliphatic rings. The van der Waals surface area contributed by atoms with E-state index in [1.165, 1.54) is 18.4 Å². The number of amides is 2. The lowest BCUT2D eigenvalue weighted by Gasteiger charge is -2.30. The molecule has 1 aromatic heterocycles. The lowest BCUT2D eigenvalue weighted by Crippen LogP contribution is -2.55. The Balaban J connectivity index is 1.29. The number of nitrogens with zero attached hydrogens (tertiary/aromatic N) is 2. The minimum Gasteiger partial charge on any atom is -0.467 e. The largest absolute Gasteiger partial charge is 0.467 e. The molecule has 2 fully saturated rings. The number of thiazole rings is 1. The molecule has 0 spiro atoms. The molecule has 3 heterocycles. The van der Waals surface area contributed by atoms with Crippen LogP contribution in [0.15, 0.2) is 60.7 Å². The fourth-order valence-electron chi connectivity index (χ4n) is 6.11. The molecular formula is C32H35ClN4O5S. The smallest absolute Gasteiger partial charge is 0.332 e. The Hall–Kier alpha value is -3.63. The molecule has 0 bridgehead atoms. The number of para-hydroxylation sites is 1. The molecule has 5 atom stereocenters. The molecule has 2 N–H and O–H groups in total. The van der Waals surface area contributed by atoms with Crippen LogP contribution in [0.1, 0.15) is 44.9 Å². The fourth-order valence-corrected chi connectivity index (χ4v) is 7.11. The number of carbonyl (C=O) groups excluding carboxylic acids is 3. The maximum absolute atomic E-state index is 14.3. The first-order valence-corrected chi connectivity index (χ1v) is 16.0. The Morgan fingerprint density at radius 1 is 1.14 bits per heavy atom. The SMILES string of the molecule is COC(=O)[C@@]12C[C@H]1/C=C\CCCCC[C@H](Nc1ccc(Cl)cc1)C(=O)N1C[C@H](Oc3nc4ccccc4s3)C[C@H]1C(=O)N2. The van der Waals surface area contributed by atoms with Crippen LogP contribution in [0.4, 0.5) is 5.69 Å². The molecule has 6 rings (SSSR count). The summed E-state index contributed by atoms with van der Waals surface area (Å²) in [6.07, 6.45) is 8.63. The highest BCUT2D eigenvalue weighted by Gasteiger charge is 2.62. The van der Waals surface area contributed by atoms with E-state index >= 15 is 0 Å². The lowest BCUT2D eigenvalue weighted by atomic mass is 10.0. The lowest BCUT2D eigenvalue weighted by molar-refractivity contribution is -0.148. The average Bonchev–Trinajstić information content (AvgIpc) is 3.32. The number of allylic oxidation sites excluding steroid dienone is 1. The van der Waals surface area contributed by atoms with Gasteiger partial charge in [-0.1, -0.05) is 60.1 Å². The molecule has 2 aromatic carbocycles. The van der Waals surface area contributed by atoms with Crippen LogP contribution in [0.25, 0.3) is 10.2 Å². The Morgan fingerprint density at radius 3 is 2.74 bits per heavy atom. The van der Waals surface area contributed by atoms with Crippen molar-refractivity contribution < 1.29 is 23.9 Å². The number of carbonyl (C=O) groups is 3. The molecule has 1 aliphatic carbocycles. The van der Waals surface area contributed by atoms with Crippen LogP contribution in [0, 0.1) is 5.92 Å². The molecule has 1 saturated carbocycles. The van der Waals surface area contributed by atoms with Gasteiger partial charge in [0.05, 0.1) is 23.9 Å². The van der Waals surface area contributed by atoms with Crippen molar-refractivity contribution in [1.29, 1.82) is 0 Å². The summed E-state index contributed by atoms with van der Waals surface area (Å²) in [4.78, 5) is 47.3. The second-order valence-electron chi connectivity index (χ2n) is 11.5. The number of esters is 1. The molecule has 3 aromatic rings. The van der Waals surface area contributed by atoms with E-state index < -0.39 is 29.7 Å². The van der Waals surface area contributed by atoms with Gasteiger partial charge >= 0.3 is 5.97 Å². The third-order valence-corrected chi connectivity index (χ3v) is 9.70. The second-order valence-corrected chi connectivity index (χ2v) is 12.9. The zero-order valence-electron chi connectivity index (χ0n) is 24.0. The van der Waals surface area contributed by atoms with E-state index in [4.69, 9.17) is 21.1 Å². The summed E-state index contributed by atoms with van der Waals surface area (Å²) in [5.41, 5.74) is 0.491. The maximum Gasteiger partial charge on any atom is 0.332 e. The van der Waals surface area contributed by atoms with Crippen LogP contribution < -0.4 is 15.4 Å². The number of aromatic nitrogens is 1. The highest BCUT2D eigenvalue weighted by molar-refractivity contribution is 7.20. The van der Waals surface area contributed by atoms with E-state index in [9.17, 15) is 14.4 Å².